The molecule has 0 aliphatic heterocycles. The van der Waals surface area contributed by atoms with Crippen molar-refractivity contribution in [2.45, 2.75) is 21.6 Å². The summed E-state index contributed by atoms with van der Waals surface area (Å²) in [7, 11) is -13.1. The number of phenols is 2. The van der Waals surface area contributed by atoms with Gasteiger partial charge < -0.3 is 10.2 Å². The van der Waals surface area contributed by atoms with Crippen LogP contribution in [0.1, 0.15) is 5.56 Å². The van der Waals surface area contributed by atoms with Gasteiger partial charge in [-0.2, -0.15) is 30.4 Å². The molecule has 25 heteroatoms. The third-order valence-corrected chi connectivity index (χ3v) is 10.0. The fourth-order valence-electron chi connectivity index (χ4n) is 4.56. The molecule has 1 heterocycles. The van der Waals surface area contributed by atoms with Gasteiger partial charge in [0.25, 0.3) is 30.4 Å². The van der Waals surface area contributed by atoms with E-state index < -0.39 is 67.9 Å². The number of hydrogen-bond acceptors (Lipinski definition) is 13. The van der Waals surface area contributed by atoms with E-state index in [4.69, 9.17) is 23.2 Å². The summed E-state index contributed by atoms with van der Waals surface area (Å²) in [4.78, 5) is 7.42. The molecule has 0 spiro atoms. The molecule has 0 fully saturated rings. The van der Waals surface area contributed by atoms with Crippen molar-refractivity contribution in [3.63, 3.8) is 0 Å². The van der Waals surface area contributed by atoms with Crippen molar-refractivity contribution in [2.24, 2.45) is 20.5 Å². The van der Waals surface area contributed by atoms with Crippen molar-refractivity contribution in [3.05, 3.63) is 70.7 Å². The fraction of sp³-hybridized carbons (Fsp3) is 0.0741. The fourth-order valence-corrected chi connectivity index (χ4v) is 6.74. The number of rotatable bonds is 9. The average molecular weight is 866 g/mol. The van der Waals surface area contributed by atoms with Gasteiger partial charge in [-0.1, -0.05) is 9.97 Å². The first-order valence-electron chi connectivity index (χ1n) is 13.6. The number of aromatic amines is 3. The van der Waals surface area contributed by atoms with Crippen molar-refractivity contribution in [2.75, 3.05) is 11.9 Å². The van der Waals surface area contributed by atoms with Crippen LogP contribution in [0.4, 0.5) is 34.4 Å². The first-order chi connectivity index (χ1) is 23.6. The zero-order valence-electron chi connectivity index (χ0n) is 25.9. The minimum atomic E-state index is -5.02. The second-order valence-corrected chi connectivity index (χ2v) is 15.4. The van der Waals surface area contributed by atoms with Gasteiger partial charge in [-0.05, 0) is 60.3 Å². The van der Waals surface area contributed by atoms with Gasteiger partial charge in [-0.3, -0.25) is 13.7 Å². The molecule has 0 amide bonds. The van der Waals surface area contributed by atoms with Crippen LogP contribution in [0.15, 0.2) is 89.7 Å². The van der Waals surface area contributed by atoms with Crippen LogP contribution in [-0.2, 0) is 47.4 Å². The molecule has 0 atom stereocenters. The molecule has 52 heavy (non-hydrogen) atoms. The van der Waals surface area contributed by atoms with Crippen molar-refractivity contribution >= 4 is 98.7 Å². The molecule has 1 radical (unpaired) electrons. The van der Waals surface area contributed by atoms with Crippen LogP contribution in [0, 0.1) is 6.92 Å². The molecular formula is C27H23Cl2CuN8O11S3+3. The predicted octanol–water partition coefficient (Wildman–Crippen LogP) is 4.64. The number of benzene rings is 4. The van der Waals surface area contributed by atoms with Crippen LogP contribution in [0.3, 0.4) is 0 Å². The average Bonchev–Trinajstić information content (AvgIpc) is 3.02. The topological polar surface area (TPSA) is 299 Å². The van der Waals surface area contributed by atoms with Crippen molar-refractivity contribution in [3.8, 4) is 11.5 Å². The second kappa shape index (κ2) is 14.9. The zero-order chi connectivity index (χ0) is 37.6. The van der Waals surface area contributed by atoms with Gasteiger partial charge in [0, 0.05) is 57.8 Å². The van der Waals surface area contributed by atoms with Gasteiger partial charge in [0.15, 0.2) is 11.4 Å². The molecule has 5 aromatic rings. The smallest absolute Gasteiger partial charge is 0.506 e. The normalized spacial score (nSPS) is 12.4. The van der Waals surface area contributed by atoms with Gasteiger partial charge in [0.2, 0.25) is 0 Å². The Morgan fingerprint density at radius 1 is 0.673 bits per heavy atom. The third kappa shape index (κ3) is 8.78. The van der Waals surface area contributed by atoms with Crippen molar-refractivity contribution < 1.29 is 81.1 Å². The molecule has 0 bridgehead atoms. The Kier molecular flexibility index (Phi) is 11.6. The number of nitrogens with zero attached hydrogens (tertiary/aromatic N) is 5. The maximum atomic E-state index is 12.4. The minimum Gasteiger partial charge on any atom is -0.506 e. The van der Waals surface area contributed by atoms with E-state index in [1.54, 1.807) is 18.0 Å². The third-order valence-electron chi connectivity index (χ3n) is 7.03. The summed E-state index contributed by atoms with van der Waals surface area (Å²) in [6.45, 7) is 1.45. The maximum Gasteiger partial charge on any atom is 0.580 e. The number of hydrogen-bond donors (Lipinski definition) is 5. The van der Waals surface area contributed by atoms with Gasteiger partial charge in [-0.15, -0.1) is 25.2 Å². The molecule has 5 rings (SSSR count). The summed E-state index contributed by atoms with van der Waals surface area (Å²) in [5.74, 6) is -0.974. The molecule has 0 saturated heterocycles. The molecule has 1 aromatic heterocycles. The number of fused-ring (bicyclic) bond motifs is 1. The Hall–Kier alpha value is -4.42. The summed E-state index contributed by atoms with van der Waals surface area (Å²) in [5, 5.41) is 37.3. The van der Waals surface area contributed by atoms with E-state index >= 15 is 0 Å². The number of aromatic hydroxyl groups is 2. The van der Waals surface area contributed by atoms with Crippen LogP contribution >= 0.6 is 23.2 Å². The number of nitrogens with one attached hydrogen (secondary N) is 3. The van der Waals surface area contributed by atoms with Crippen LogP contribution in [0.2, 0.25) is 10.6 Å². The molecule has 0 aliphatic rings. The summed E-state index contributed by atoms with van der Waals surface area (Å²) in [6.07, 6.45) is 0. The summed E-state index contributed by atoms with van der Waals surface area (Å²) in [5.41, 5.74) is -1.04. The van der Waals surface area contributed by atoms with E-state index in [9.17, 15) is 49.1 Å². The van der Waals surface area contributed by atoms with E-state index in [1.807, 2.05) is 0 Å². The molecule has 0 unspecified atom stereocenters. The first kappa shape index (κ1) is 40.4. The number of azo groups is 2. The molecular weight excluding hydrogens is 843 g/mol. The summed E-state index contributed by atoms with van der Waals surface area (Å²) < 4.78 is 100. The van der Waals surface area contributed by atoms with Gasteiger partial charge >= 0.3 is 16.5 Å². The molecule has 19 nitrogen and oxygen atoms in total. The number of anilines is 2. The minimum absolute atomic E-state index is 0. The number of halogens is 2. The summed E-state index contributed by atoms with van der Waals surface area (Å²) in [6, 6.07) is 9.81. The van der Waals surface area contributed by atoms with E-state index in [0.717, 1.165) is 18.2 Å². The Morgan fingerprint density at radius 3 is 1.87 bits per heavy atom. The monoisotopic (exact) mass is 864 g/mol. The maximum absolute atomic E-state index is 12.4. The predicted molar refractivity (Wildman–Crippen MR) is 177 cm³/mol. The zero-order valence-corrected chi connectivity index (χ0v) is 30.8. The van der Waals surface area contributed by atoms with Crippen LogP contribution in [0.25, 0.3) is 10.8 Å². The molecule has 4 aromatic carbocycles. The Labute approximate surface area is 314 Å². The van der Waals surface area contributed by atoms with E-state index in [0.29, 0.717) is 23.8 Å². The quantitative estimate of drug-likeness (QED) is 0.0769. The van der Waals surface area contributed by atoms with Crippen LogP contribution in [0.5, 0.6) is 11.5 Å². The van der Waals surface area contributed by atoms with Gasteiger partial charge in [-0.25, -0.2) is 0 Å². The molecule has 8 N–H and O–H groups in total. The first-order valence-corrected chi connectivity index (χ1v) is 18.7. The number of aromatic nitrogens is 3. The second-order valence-electron chi connectivity index (χ2n) is 10.5. The molecule has 277 valence electrons. The molecule has 0 saturated carbocycles. The number of aryl methyl sites for hydroxylation is 1. The Morgan fingerprint density at radius 2 is 1.27 bits per heavy atom. The van der Waals surface area contributed by atoms with Gasteiger partial charge in [0.1, 0.15) is 39.7 Å². The Bertz CT molecular complexity index is 2650. The van der Waals surface area contributed by atoms with Crippen LogP contribution in [-0.4, -0.2) is 56.2 Å². The van der Waals surface area contributed by atoms with E-state index in [1.165, 1.54) is 25.1 Å². The summed E-state index contributed by atoms with van der Waals surface area (Å²) >= 11 is 12.0. The van der Waals surface area contributed by atoms with E-state index in [-0.39, 0.29) is 55.3 Å². The number of phenolic OH excluding ortho intramolecular Hbond substituents is 2. The SMILES string of the molecule is Cc1cc(N=Nc2c(S(=O)(=O)O)cc3cc(N(C)c4[nH+]c(Cl)[nH+]c(Cl)[nH+]4)ccc3c2O)c(O)cc1N=Nc1cc(S(=O)(=O)O)ccc1S(=O)(=O)O.[Cu]. The van der Waals surface area contributed by atoms with Crippen LogP contribution < -0.4 is 19.9 Å². The van der Waals surface area contributed by atoms with Gasteiger partial charge in [0.05, 0.1) is 10.6 Å². The van der Waals surface area contributed by atoms with E-state index in [2.05, 4.69) is 35.4 Å². The van der Waals surface area contributed by atoms with Crippen molar-refractivity contribution in [1.29, 1.82) is 0 Å². The number of H-pyrrole nitrogens is 3. The Balaban J connectivity index is 0.00000605. The van der Waals surface area contributed by atoms with Crippen molar-refractivity contribution in [1.82, 2.24) is 0 Å². The standard InChI is InChI=1S/C27H20Cl2N8O11S3.Cu/c1-12-7-18(20(38)11-17(12)33-35-19-10-15(49(40,41)42)4-6-21(19)50(43,44)45)34-36-23-22(51(46,47)48)9-13-8-14(3-5-16(13)24(23)39)37(2)27-31-25(28)30-26(29)32-27;/h3-11,38-39H,1-2H3,(H,40,41,42)(H,43,44,45)(H,46,47,48);/p+3. The molecule has 0 aliphatic carbocycles. The largest absolute Gasteiger partial charge is 0.580 e.